The van der Waals surface area contributed by atoms with Crippen molar-refractivity contribution in [3.63, 3.8) is 0 Å². The summed E-state index contributed by atoms with van der Waals surface area (Å²) in [4.78, 5) is -1.80. The smallest absolute Gasteiger partial charge is 0.296 e. The Balaban J connectivity index is 2.28. The Hall–Kier alpha value is -2.95. The summed E-state index contributed by atoms with van der Waals surface area (Å²) in [6.45, 7) is 0. The molecule has 0 spiro atoms. The molecular formula is C16H13N3O9S3. The van der Waals surface area contributed by atoms with E-state index in [-0.39, 0.29) is 22.1 Å². The lowest BCUT2D eigenvalue weighted by molar-refractivity contribution is 0.481. The highest BCUT2D eigenvalue weighted by molar-refractivity contribution is 7.86. The maximum absolute atomic E-state index is 11.7. The summed E-state index contributed by atoms with van der Waals surface area (Å²) >= 11 is 0. The van der Waals surface area contributed by atoms with E-state index in [4.69, 9.17) is 10.3 Å². The minimum absolute atomic E-state index is 0.0468. The Labute approximate surface area is 176 Å². The molecule has 0 fully saturated rings. The molecule has 15 heteroatoms. The number of azo groups is 1. The number of hydrogen-bond donors (Lipinski definition) is 4. The molecule has 0 heterocycles. The van der Waals surface area contributed by atoms with Crippen LogP contribution in [0.2, 0.25) is 0 Å². The van der Waals surface area contributed by atoms with Crippen LogP contribution in [-0.2, 0) is 30.4 Å². The van der Waals surface area contributed by atoms with Crippen LogP contribution < -0.4 is 5.73 Å². The van der Waals surface area contributed by atoms with Crippen LogP contribution >= 0.6 is 0 Å². The van der Waals surface area contributed by atoms with Crippen LogP contribution in [0.1, 0.15) is 0 Å². The fourth-order valence-electron chi connectivity index (χ4n) is 2.65. The molecule has 12 nitrogen and oxygen atoms in total. The highest BCUT2D eigenvalue weighted by Gasteiger charge is 2.21. The van der Waals surface area contributed by atoms with Crippen molar-refractivity contribution < 1.29 is 38.9 Å². The highest BCUT2D eigenvalue weighted by atomic mass is 32.2. The number of hydrogen-bond acceptors (Lipinski definition) is 9. The van der Waals surface area contributed by atoms with Gasteiger partial charge in [-0.2, -0.15) is 30.4 Å². The van der Waals surface area contributed by atoms with E-state index in [9.17, 15) is 34.4 Å². The summed E-state index contributed by atoms with van der Waals surface area (Å²) in [5.74, 6) is 0. The third-order valence-electron chi connectivity index (χ3n) is 4.04. The van der Waals surface area contributed by atoms with Crippen molar-refractivity contribution in [2.75, 3.05) is 5.73 Å². The van der Waals surface area contributed by atoms with Crippen molar-refractivity contribution in [3.05, 3.63) is 48.5 Å². The topological polar surface area (TPSA) is 214 Å². The molecule has 0 saturated carbocycles. The van der Waals surface area contributed by atoms with Crippen molar-refractivity contribution in [1.29, 1.82) is 0 Å². The Morgan fingerprint density at radius 1 is 0.710 bits per heavy atom. The zero-order valence-corrected chi connectivity index (χ0v) is 17.6. The van der Waals surface area contributed by atoms with Crippen LogP contribution in [0, 0.1) is 0 Å². The first-order valence-corrected chi connectivity index (χ1v) is 12.3. The molecule has 164 valence electrons. The standard InChI is InChI=1S/C16H13N3O9S3/c17-15-14(31(26,27)28)7-9-6-12(30(23,24)25)4-5-13(9)16(15)19-18-10-2-1-3-11(8-10)29(20,21)22/h1-8H,17H2,(H,20,21,22)(H,23,24,25)(H,26,27,28). The van der Waals surface area contributed by atoms with Crippen molar-refractivity contribution in [1.82, 2.24) is 0 Å². The van der Waals surface area contributed by atoms with Crippen molar-refractivity contribution in [3.8, 4) is 0 Å². The van der Waals surface area contributed by atoms with Crippen molar-refractivity contribution in [2.24, 2.45) is 10.2 Å². The van der Waals surface area contributed by atoms with E-state index < -0.39 is 50.7 Å². The van der Waals surface area contributed by atoms with Gasteiger partial charge in [-0.1, -0.05) is 12.1 Å². The van der Waals surface area contributed by atoms with Crippen LogP contribution in [-0.4, -0.2) is 38.9 Å². The first-order valence-electron chi connectivity index (χ1n) is 7.98. The molecule has 0 atom stereocenters. The van der Waals surface area contributed by atoms with Crippen LogP contribution in [0.5, 0.6) is 0 Å². The molecule has 0 saturated heterocycles. The second kappa shape index (κ2) is 7.63. The van der Waals surface area contributed by atoms with Crippen molar-refractivity contribution >= 4 is 58.2 Å². The summed E-state index contributed by atoms with van der Waals surface area (Å²) in [7, 11) is -14.0. The van der Waals surface area contributed by atoms with Crippen LogP contribution in [0.25, 0.3) is 10.8 Å². The van der Waals surface area contributed by atoms with Gasteiger partial charge in [-0.25, -0.2) is 0 Å². The molecule has 0 unspecified atom stereocenters. The average molecular weight is 487 g/mol. The largest absolute Gasteiger partial charge is 0.396 e. The third kappa shape index (κ3) is 4.87. The van der Waals surface area contributed by atoms with Gasteiger partial charge in [0, 0.05) is 5.39 Å². The maximum atomic E-state index is 11.7. The van der Waals surface area contributed by atoms with E-state index in [2.05, 4.69) is 10.2 Å². The molecule has 0 aliphatic rings. The Kier molecular flexibility index (Phi) is 5.59. The van der Waals surface area contributed by atoms with Gasteiger partial charge < -0.3 is 5.73 Å². The monoisotopic (exact) mass is 487 g/mol. The second-order valence-corrected chi connectivity index (χ2v) is 10.4. The Morgan fingerprint density at radius 2 is 1.32 bits per heavy atom. The minimum atomic E-state index is -4.86. The van der Waals surface area contributed by atoms with Gasteiger partial charge in [-0.05, 0) is 41.8 Å². The SMILES string of the molecule is Nc1c(S(=O)(=O)O)cc2cc(S(=O)(=O)O)ccc2c1N=Nc1cccc(S(=O)(=O)O)c1. The summed E-state index contributed by atoms with van der Waals surface area (Å²) in [5.41, 5.74) is 5.00. The van der Waals surface area contributed by atoms with E-state index in [1.54, 1.807) is 0 Å². The van der Waals surface area contributed by atoms with Gasteiger partial charge >= 0.3 is 0 Å². The molecule has 0 aromatic heterocycles. The zero-order valence-electron chi connectivity index (χ0n) is 15.1. The number of benzene rings is 3. The van der Waals surface area contributed by atoms with Crippen LogP contribution in [0.15, 0.2) is 73.4 Å². The quantitative estimate of drug-likeness (QED) is 0.234. The minimum Gasteiger partial charge on any atom is -0.396 e. The molecule has 3 aromatic rings. The van der Waals surface area contributed by atoms with Gasteiger partial charge in [0.1, 0.15) is 10.6 Å². The first-order chi connectivity index (χ1) is 14.2. The third-order valence-corrected chi connectivity index (χ3v) is 6.63. The molecule has 0 aliphatic heterocycles. The van der Waals surface area contributed by atoms with Crippen molar-refractivity contribution in [2.45, 2.75) is 14.7 Å². The number of nitrogen functional groups attached to an aromatic ring is 1. The number of nitrogens with zero attached hydrogens (tertiary/aromatic N) is 2. The van der Waals surface area contributed by atoms with Gasteiger partial charge in [-0.3, -0.25) is 13.7 Å². The zero-order chi connectivity index (χ0) is 23.2. The highest BCUT2D eigenvalue weighted by Crippen LogP contribution is 2.39. The fraction of sp³-hybridized carbons (Fsp3) is 0. The number of fused-ring (bicyclic) bond motifs is 1. The van der Waals surface area contributed by atoms with Gasteiger partial charge in [0.05, 0.1) is 21.2 Å². The average Bonchev–Trinajstić information content (AvgIpc) is 2.64. The predicted octanol–water partition coefficient (Wildman–Crippen LogP) is 2.58. The lowest BCUT2D eigenvalue weighted by atomic mass is 10.1. The van der Waals surface area contributed by atoms with Crippen LogP contribution in [0.4, 0.5) is 17.1 Å². The first kappa shape index (κ1) is 22.7. The lowest BCUT2D eigenvalue weighted by Gasteiger charge is -2.10. The molecule has 3 rings (SSSR count). The second-order valence-electron chi connectivity index (χ2n) is 6.14. The lowest BCUT2D eigenvalue weighted by Crippen LogP contribution is -2.04. The van der Waals surface area contributed by atoms with E-state index in [1.165, 1.54) is 18.2 Å². The summed E-state index contributed by atoms with van der Waals surface area (Å²) in [6, 6.07) is 8.73. The number of anilines is 1. The molecule has 0 aliphatic carbocycles. The predicted molar refractivity (Wildman–Crippen MR) is 108 cm³/mol. The van der Waals surface area contributed by atoms with E-state index in [1.807, 2.05) is 0 Å². The number of rotatable bonds is 5. The van der Waals surface area contributed by atoms with Crippen LogP contribution in [0.3, 0.4) is 0 Å². The van der Waals surface area contributed by atoms with Gasteiger partial charge in [-0.15, -0.1) is 5.11 Å². The summed E-state index contributed by atoms with van der Waals surface area (Å²) in [5, 5.41) is 7.67. The molecule has 0 amide bonds. The van der Waals surface area contributed by atoms with E-state index >= 15 is 0 Å². The molecule has 3 aromatic carbocycles. The Bertz CT molecular complexity index is 1560. The van der Waals surface area contributed by atoms with E-state index in [0.29, 0.717) is 0 Å². The molecule has 5 N–H and O–H groups in total. The van der Waals surface area contributed by atoms with E-state index in [0.717, 1.165) is 30.3 Å². The molecule has 0 radical (unpaired) electrons. The molecular weight excluding hydrogens is 474 g/mol. The summed E-state index contributed by atoms with van der Waals surface area (Å²) < 4.78 is 96.5. The Morgan fingerprint density at radius 3 is 1.90 bits per heavy atom. The maximum Gasteiger partial charge on any atom is 0.296 e. The van der Waals surface area contributed by atoms with Gasteiger partial charge in [0.2, 0.25) is 0 Å². The summed E-state index contributed by atoms with van der Waals surface area (Å²) in [6.07, 6.45) is 0. The molecule has 0 bridgehead atoms. The van der Waals surface area contributed by atoms with Gasteiger partial charge in [0.15, 0.2) is 0 Å². The number of nitrogens with two attached hydrogens (primary N) is 1. The fourth-order valence-corrected chi connectivity index (χ4v) is 4.34. The molecule has 31 heavy (non-hydrogen) atoms. The van der Waals surface area contributed by atoms with Gasteiger partial charge in [0.25, 0.3) is 30.4 Å². The normalized spacial score (nSPS) is 13.1.